The number of anilines is 1. The SMILES string of the molecule is Cc1cccc(N2CCN(C(=O)NC(C)(C)C)C(C)C2=O)c1C. The molecule has 1 unspecified atom stereocenters. The lowest BCUT2D eigenvalue weighted by Crippen LogP contribution is -2.61. The standard InChI is InChI=1S/C18H27N3O2/c1-12-8-7-9-15(13(12)2)21-11-10-20(14(3)16(21)22)17(23)19-18(4,5)6/h7-9,14H,10-11H2,1-6H3,(H,19,23). The van der Waals surface area contributed by atoms with Crippen molar-refractivity contribution < 1.29 is 9.59 Å². The van der Waals surface area contributed by atoms with Crippen LogP contribution < -0.4 is 10.2 Å². The van der Waals surface area contributed by atoms with Crippen LogP contribution in [-0.2, 0) is 4.79 Å². The molecule has 1 N–H and O–H groups in total. The molecule has 0 bridgehead atoms. The monoisotopic (exact) mass is 317 g/mol. The van der Waals surface area contributed by atoms with Gasteiger partial charge in [0.2, 0.25) is 5.91 Å². The van der Waals surface area contributed by atoms with Crippen molar-refractivity contribution in [2.45, 2.75) is 53.1 Å². The zero-order valence-corrected chi connectivity index (χ0v) is 14.9. The average Bonchev–Trinajstić information content (AvgIpc) is 2.43. The van der Waals surface area contributed by atoms with Crippen LogP contribution in [0.15, 0.2) is 18.2 Å². The summed E-state index contributed by atoms with van der Waals surface area (Å²) in [4.78, 5) is 28.6. The maximum Gasteiger partial charge on any atom is 0.318 e. The number of nitrogens with one attached hydrogen (secondary N) is 1. The van der Waals surface area contributed by atoms with Crippen molar-refractivity contribution >= 4 is 17.6 Å². The first-order chi connectivity index (χ1) is 10.6. The van der Waals surface area contributed by atoms with Crippen molar-refractivity contribution in [3.63, 3.8) is 0 Å². The van der Waals surface area contributed by atoms with Gasteiger partial charge in [-0.2, -0.15) is 0 Å². The Hall–Kier alpha value is -2.04. The van der Waals surface area contributed by atoms with Crippen LogP contribution in [0.4, 0.5) is 10.5 Å². The van der Waals surface area contributed by atoms with E-state index in [1.807, 2.05) is 52.8 Å². The molecule has 0 aromatic heterocycles. The van der Waals surface area contributed by atoms with Crippen molar-refractivity contribution in [1.29, 1.82) is 0 Å². The molecule has 1 heterocycles. The number of urea groups is 1. The number of aryl methyl sites for hydroxylation is 1. The Morgan fingerprint density at radius 3 is 2.48 bits per heavy atom. The van der Waals surface area contributed by atoms with Gasteiger partial charge in [-0.25, -0.2) is 4.79 Å². The van der Waals surface area contributed by atoms with Gasteiger partial charge in [0.25, 0.3) is 0 Å². The summed E-state index contributed by atoms with van der Waals surface area (Å²) in [6.45, 7) is 12.7. The van der Waals surface area contributed by atoms with Crippen molar-refractivity contribution in [3.8, 4) is 0 Å². The summed E-state index contributed by atoms with van der Waals surface area (Å²) in [7, 11) is 0. The number of benzene rings is 1. The van der Waals surface area contributed by atoms with Gasteiger partial charge < -0.3 is 15.1 Å². The van der Waals surface area contributed by atoms with Crippen LogP contribution in [0.2, 0.25) is 0 Å². The Bertz CT molecular complexity index is 619. The molecule has 0 radical (unpaired) electrons. The highest BCUT2D eigenvalue weighted by atomic mass is 16.2. The Labute approximate surface area is 138 Å². The first-order valence-corrected chi connectivity index (χ1v) is 8.08. The van der Waals surface area contributed by atoms with Crippen molar-refractivity contribution in [3.05, 3.63) is 29.3 Å². The van der Waals surface area contributed by atoms with Gasteiger partial charge in [-0.3, -0.25) is 4.79 Å². The van der Waals surface area contributed by atoms with Crippen LogP contribution in [0.25, 0.3) is 0 Å². The van der Waals surface area contributed by atoms with E-state index in [4.69, 9.17) is 0 Å². The van der Waals surface area contributed by atoms with E-state index < -0.39 is 6.04 Å². The van der Waals surface area contributed by atoms with Crippen LogP contribution in [-0.4, -0.2) is 41.5 Å². The molecular formula is C18H27N3O2. The summed E-state index contributed by atoms with van der Waals surface area (Å²) in [6.07, 6.45) is 0. The Morgan fingerprint density at radius 1 is 1.22 bits per heavy atom. The summed E-state index contributed by atoms with van der Waals surface area (Å²) in [5.74, 6) is -0.0333. The number of hydrogen-bond acceptors (Lipinski definition) is 2. The first kappa shape index (κ1) is 17.3. The second-order valence-electron chi connectivity index (χ2n) is 7.26. The molecule has 5 nitrogen and oxygen atoms in total. The molecule has 5 heteroatoms. The predicted octanol–water partition coefficient (Wildman–Crippen LogP) is 2.85. The average molecular weight is 317 g/mol. The fourth-order valence-corrected chi connectivity index (χ4v) is 2.81. The number of nitrogens with zero attached hydrogens (tertiary/aromatic N) is 2. The predicted molar refractivity (Wildman–Crippen MR) is 92.7 cm³/mol. The number of amides is 3. The molecule has 126 valence electrons. The Kier molecular flexibility index (Phi) is 4.68. The summed E-state index contributed by atoms with van der Waals surface area (Å²) in [6, 6.07) is 5.33. The molecule has 1 aromatic carbocycles. The molecule has 1 fully saturated rings. The number of carbonyl (C=O) groups excluding carboxylic acids is 2. The molecular weight excluding hydrogens is 290 g/mol. The van der Waals surface area contributed by atoms with Crippen molar-refractivity contribution in [2.24, 2.45) is 0 Å². The number of hydrogen-bond donors (Lipinski definition) is 1. The van der Waals surface area contributed by atoms with Crippen molar-refractivity contribution in [1.82, 2.24) is 10.2 Å². The van der Waals surface area contributed by atoms with Crippen LogP contribution >= 0.6 is 0 Å². The third kappa shape index (κ3) is 3.66. The molecule has 1 aromatic rings. The zero-order valence-electron chi connectivity index (χ0n) is 14.9. The molecule has 2 rings (SSSR count). The van der Waals surface area contributed by atoms with Gasteiger partial charge >= 0.3 is 6.03 Å². The van der Waals surface area contributed by atoms with E-state index in [1.54, 1.807) is 16.7 Å². The molecule has 1 atom stereocenters. The second-order valence-corrected chi connectivity index (χ2v) is 7.26. The third-order valence-electron chi connectivity index (χ3n) is 4.27. The molecule has 0 aliphatic carbocycles. The van der Waals surface area contributed by atoms with Gasteiger partial charge in [-0.15, -0.1) is 0 Å². The molecule has 0 saturated carbocycles. The fraction of sp³-hybridized carbons (Fsp3) is 0.556. The smallest absolute Gasteiger partial charge is 0.318 e. The number of piperazine rings is 1. The summed E-state index contributed by atoms with van der Waals surface area (Å²) < 4.78 is 0. The maximum atomic E-state index is 12.8. The summed E-state index contributed by atoms with van der Waals surface area (Å²) in [5, 5.41) is 2.93. The molecule has 3 amide bonds. The van der Waals surface area contributed by atoms with Crippen LogP contribution in [0, 0.1) is 13.8 Å². The van der Waals surface area contributed by atoms with Gasteiger partial charge in [-0.1, -0.05) is 12.1 Å². The van der Waals surface area contributed by atoms with Crippen molar-refractivity contribution in [2.75, 3.05) is 18.0 Å². The largest absolute Gasteiger partial charge is 0.333 e. The quantitative estimate of drug-likeness (QED) is 0.866. The van der Waals surface area contributed by atoms with E-state index in [2.05, 4.69) is 5.32 Å². The van der Waals surface area contributed by atoms with Gasteiger partial charge in [0, 0.05) is 24.3 Å². The molecule has 1 aliphatic heterocycles. The Balaban J connectivity index is 2.19. The van der Waals surface area contributed by atoms with Gasteiger partial charge in [0.05, 0.1) is 0 Å². The molecule has 1 aliphatic rings. The minimum atomic E-state index is -0.467. The van der Waals surface area contributed by atoms with E-state index in [9.17, 15) is 9.59 Å². The zero-order chi connectivity index (χ0) is 17.4. The highest BCUT2D eigenvalue weighted by Gasteiger charge is 2.36. The normalized spacial score (nSPS) is 19.0. The van der Waals surface area contributed by atoms with Crippen LogP contribution in [0.5, 0.6) is 0 Å². The topological polar surface area (TPSA) is 52.6 Å². The minimum Gasteiger partial charge on any atom is -0.333 e. The lowest BCUT2D eigenvalue weighted by atomic mass is 10.0. The summed E-state index contributed by atoms with van der Waals surface area (Å²) in [5.41, 5.74) is 2.90. The molecule has 23 heavy (non-hydrogen) atoms. The second kappa shape index (κ2) is 6.22. The van der Waals surface area contributed by atoms with E-state index >= 15 is 0 Å². The first-order valence-electron chi connectivity index (χ1n) is 8.08. The number of carbonyl (C=O) groups is 2. The van der Waals surface area contributed by atoms with E-state index in [-0.39, 0.29) is 17.5 Å². The van der Waals surface area contributed by atoms with Gasteiger partial charge in [0.15, 0.2) is 0 Å². The highest BCUT2D eigenvalue weighted by Crippen LogP contribution is 2.26. The number of rotatable bonds is 1. The third-order valence-corrected chi connectivity index (χ3v) is 4.27. The van der Waals surface area contributed by atoms with Crippen LogP contribution in [0.3, 0.4) is 0 Å². The van der Waals surface area contributed by atoms with E-state index in [1.165, 1.54) is 0 Å². The van der Waals surface area contributed by atoms with Gasteiger partial charge in [0.1, 0.15) is 6.04 Å². The van der Waals surface area contributed by atoms with E-state index in [0.29, 0.717) is 13.1 Å². The lowest BCUT2D eigenvalue weighted by molar-refractivity contribution is -0.124. The molecule has 1 saturated heterocycles. The highest BCUT2D eigenvalue weighted by molar-refractivity contribution is 6.00. The van der Waals surface area contributed by atoms with E-state index in [0.717, 1.165) is 16.8 Å². The maximum absolute atomic E-state index is 12.8. The Morgan fingerprint density at radius 2 is 1.87 bits per heavy atom. The molecule has 0 spiro atoms. The minimum absolute atomic E-state index is 0.0333. The van der Waals surface area contributed by atoms with Gasteiger partial charge in [-0.05, 0) is 58.7 Å². The lowest BCUT2D eigenvalue weighted by Gasteiger charge is -2.40. The summed E-state index contributed by atoms with van der Waals surface area (Å²) >= 11 is 0. The van der Waals surface area contributed by atoms with Crippen LogP contribution in [0.1, 0.15) is 38.8 Å². The fourth-order valence-electron chi connectivity index (χ4n) is 2.81.